The molecule has 0 radical (unpaired) electrons. The molecular weight excluding hydrogens is 154 g/mol. The number of hydrogen-bond acceptors (Lipinski definition) is 2. The van der Waals surface area contributed by atoms with E-state index in [1.165, 1.54) is 6.42 Å². The molecule has 0 N–H and O–H groups in total. The van der Waals surface area contributed by atoms with Gasteiger partial charge in [-0.1, -0.05) is 0 Å². The van der Waals surface area contributed by atoms with Gasteiger partial charge in [-0.05, 0) is 12.8 Å². The van der Waals surface area contributed by atoms with Crippen molar-refractivity contribution in [3.05, 3.63) is 0 Å². The fraction of sp³-hybridized carbons (Fsp3) is 0.889. The van der Waals surface area contributed by atoms with Crippen LogP contribution in [-0.2, 0) is 9.53 Å². The van der Waals surface area contributed by atoms with Crippen molar-refractivity contribution in [1.82, 2.24) is 4.90 Å². The van der Waals surface area contributed by atoms with E-state index in [1.54, 1.807) is 6.92 Å². The summed E-state index contributed by atoms with van der Waals surface area (Å²) in [5.41, 5.74) is 0. The molecule has 0 bridgehead atoms. The van der Waals surface area contributed by atoms with E-state index in [2.05, 4.69) is 0 Å². The van der Waals surface area contributed by atoms with Crippen molar-refractivity contribution in [3.63, 3.8) is 0 Å². The molecule has 0 aromatic rings. The SMILES string of the molecule is CC(=O)N1CCC[C@H]2COC[C@H]21. The average Bonchev–Trinajstić information content (AvgIpc) is 2.49. The minimum absolute atomic E-state index is 0.204. The molecule has 1 amide bonds. The zero-order chi connectivity index (χ0) is 8.55. The Balaban J connectivity index is 2.08. The molecular formula is C9H15NO2. The second-order valence-corrected chi connectivity index (χ2v) is 3.72. The van der Waals surface area contributed by atoms with Crippen molar-refractivity contribution >= 4 is 5.91 Å². The lowest BCUT2D eigenvalue weighted by Gasteiger charge is -2.35. The van der Waals surface area contributed by atoms with Gasteiger partial charge in [0.25, 0.3) is 0 Å². The predicted molar refractivity (Wildman–Crippen MR) is 44.7 cm³/mol. The van der Waals surface area contributed by atoms with Gasteiger partial charge in [-0.2, -0.15) is 0 Å². The molecule has 0 spiro atoms. The predicted octanol–water partition coefficient (Wildman–Crippen LogP) is 0.644. The molecule has 2 heterocycles. The van der Waals surface area contributed by atoms with Crippen LogP contribution in [0.5, 0.6) is 0 Å². The molecule has 0 saturated carbocycles. The van der Waals surface area contributed by atoms with Crippen LogP contribution in [0.3, 0.4) is 0 Å². The molecule has 2 atom stereocenters. The molecule has 2 aliphatic rings. The van der Waals surface area contributed by atoms with Crippen molar-refractivity contribution < 1.29 is 9.53 Å². The summed E-state index contributed by atoms with van der Waals surface area (Å²) in [7, 11) is 0. The molecule has 68 valence electrons. The lowest BCUT2D eigenvalue weighted by molar-refractivity contribution is -0.133. The van der Waals surface area contributed by atoms with Crippen LogP contribution in [0.25, 0.3) is 0 Å². The van der Waals surface area contributed by atoms with E-state index >= 15 is 0 Å². The Morgan fingerprint density at radius 2 is 2.33 bits per heavy atom. The topological polar surface area (TPSA) is 29.5 Å². The smallest absolute Gasteiger partial charge is 0.219 e. The van der Waals surface area contributed by atoms with E-state index in [1.807, 2.05) is 4.90 Å². The summed E-state index contributed by atoms with van der Waals surface area (Å²) in [5.74, 6) is 0.817. The van der Waals surface area contributed by atoms with Gasteiger partial charge in [0.05, 0.1) is 19.3 Å². The van der Waals surface area contributed by atoms with Gasteiger partial charge >= 0.3 is 0 Å². The maximum atomic E-state index is 11.2. The number of carbonyl (C=O) groups is 1. The number of rotatable bonds is 0. The minimum atomic E-state index is 0.204. The average molecular weight is 169 g/mol. The zero-order valence-corrected chi connectivity index (χ0v) is 7.45. The fourth-order valence-electron chi connectivity index (χ4n) is 2.29. The largest absolute Gasteiger partial charge is 0.379 e. The number of amides is 1. The summed E-state index contributed by atoms with van der Waals surface area (Å²) >= 11 is 0. The second kappa shape index (κ2) is 3.05. The number of piperidine rings is 1. The Kier molecular flexibility index (Phi) is 2.05. The first-order valence-electron chi connectivity index (χ1n) is 4.64. The number of nitrogens with zero attached hydrogens (tertiary/aromatic N) is 1. The summed E-state index contributed by atoms with van der Waals surface area (Å²) in [6.07, 6.45) is 2.37. The molecule has 2 saturated heterocycles. The van der Waals surface area contributed by atoms with Crippen molar-refractivity contribution in [2.45, 2.75) is 25.8 Å². The molecule has 3 nitrogen and oxygen atoms in total. The van der Waals surface area contributed by atoms with Crippen molar-refractivity contribution in [3.8, 4) is 0 Å². The maximum absolute atomic E-state index is 11.2. The number of likely N-dealkylation sites (tertiary alicyclic amines) is 1. The van der Waals surface area contributed by atoms with E-state index in [-0.39, 0.29) is 5.91 Å². The molecule has 3 heteroatoms. The van der Waals surface area contributed by atoms with Gasteiger partial charge in [0.2, 0.25) is 5.91 Å². The molecule has 0 aliphatic carbocycles. The number of ether oxygens (including phenoxy) is 1. The van der Waals surface area contributed by atoms with Gasteiger partial charge < -0.3 is 9.64 Å². The third-order valence-electron chi connectivity index (χ3n) is 2.94. The van der Waals surface area contributed by atoms with E-state index in [0.717, 1.165) is 26.2 Å². The van der Waals surface area contributed by atoms with Crippen molar-refractivity contribution in [2.24, 2.45) is 5.92 Å². The number of hydrogen-bond donors (Lipinski definition) is 0. The van der Waals surface area contributed by atoms with E-state index in [4.69, 9.17) is 4.74 Å². The van der Waals surface area contributed by atoms with Crippen molar-refractivity contribution in [2.75, 3.05) is 19.8 Å². The van der Waals surface area contributed by atoms with Crippen LogP contribution in [0, 0.1) is 5.92 Å². The standard InChI is InChI=1S/C9H15NO2/c1-7(11)10-4-2-3-8-5-12-6-9(8)10/h8-9H,2-6H2,1H3/t8-,9+/m0/s1. The van der Waals surface area contributed by atoms with E-state index < -0.39 is 0 Å². The van der Waals surface area contributed by atoms with Gasteiger partial charge in [-0.3, -0.25) is 4.79 Å². The van der Waals surface area contributed by atoms with Crippen LogP contribution in [0.2, 0.25) is 0 Å². The Hall–Kier alpha value is -0.570. The minimum Gasteiger partial charge on any atom is -0.379 e. The number of fused-ring (bicyclic) bond motifs is 1. The van der Waals surface area contributed by atoms with Crippen LogP contribution < -0.4 is 0 Å². The van der Waals surface area contributed by atoms with E-state index in [9.17, 15) is 4.79 Å². The van der Waals surface area contributed by atoms with Gasteiger partial charge in [-0.15, -0.1) is 0 Å². The Labute approximate surface area is 72.7 Å². The highest BCUT2D eigenvalue weighted by Gasteiger charge is 2.36. The molecule has 0 aromatic heterocycles. The molecule has 0 aromatic carbocycles. The molecule has 2 fully saturated rings. The highest BCUT2D eigenvalue weighted by molar-refractivity contribution is 5.73. The summed E-state index contributed by atoms with van der Waals surface area (Å²) in [6, 6.07) is 0.385. The van der Waals surface area contributed by atoms with Gasteiger partial charge in [0.1, 0.15) is 0 Å². The van der Waals surface area contributed by atoms with E-state index in [0.29, 0.717) is 12.0 Å². The van der Waals surface area contributed by atoms with Crippen LogP contribution in [-0.4, -0.2) is 36.6 Å². The Morgan fingerprint density at radius 1 is 1.50 bits per heavy atom. The first kappa shape index (κ1) is 8.05. The number of carbonyl (C=O) groups excluding carboxylic acids is 1. The first-order chi connectivity index (χ1) is 5.79. The lowest BCUT2D eigenvalue weighted by Crippen LogP contribution is -2.47. The summed E-state index contributed by atoms with van der Waals surface area (Å²) in [6.45, 7) is 4.19. The van der Waals surface area contributed by atoms with Crippen LogP contribution >= 0.6 is 0 Å². The third kappa shape index (κ3) is 1.22. The molecule has 2 rings (SSSR count). The van der Waals surface area contributed by atoms with Crippen LogP contribution in [0.4, 0.5) is 0 Å². The molecule has 0 unspecified atom stereocenters. The quantitative estimate of drug-likeness (QED) is 0.532. The molecule has 2 aliphatic heterocycles. The Morgan fingerprint density at radius 3 is 3.08 bits per heavy atom. The highest BCUT2D eigenvalue weighted by atomic mass is 16.5. The third-order valence-corrected chi connectivity index (χ3v) is 2.94. The highest BCUT2D eigenvalue weighted by Crippen LogP contribution is 2.28. The van der Waals surface area contributed by atoms with Crippen LogP contribution in [0.15, 0.2) is 0 Å². The first-order valence-corrected chi connectivity index (χ1v) is 4.64. The van der Waals surface area contributed by atoms with Gasteiger partial charge in [-0.25, -0.2) is 0 Å². The Bertz CT molecular complexity index is 193. The van der Waals surface area contributed by atoms with Crippen LogP contribution in [0.1, 0.15) is 19.8 Å². The molecule has 12 heavy (non-hydrogen) atoms. The van der Waals surface area contributed by atoms with Crippen molar-refractivity contribution in [1.29, 1.82) is 0 Å². The van der Waals surface area contributed by atoms with Gasteiger partial charge in [0, 0.05) is 19.4 Å². The fourth-order valence-corrected chi connectivity index (χ4v) is 2.29. The summed E-state index contributed by atoms with van der Waals surface area (Å²) in [5, 5.41) is 0. The maximum Gasteiger partial charge on any atom is 0.219 e. The zero-order valence-electron chi connectivity index (χ0n) is 7.45. The lowest BCUT2D eigenvalue weighted by atomic mass is 9.92. The summed E-state index contributed by atoms with van der Waals surface area (Å²) < 4.78 is 5.38. The summed E-state index contributed by atoms with van der Waals surface area (Å²) in [4.78, 5) is 13.2. The second-order valence-electron chi connectivity index (χ2n) is 3.72. The van der Waals surface area contributed by atoms with Gasteiger partial charge in [0.15, 0.2) is 0 Å². The monoisotopic (exact) mass is 169 g/mol. The normalized spacial score (nSPS) is 34.9.